The van der Waals surface area contributed by atoms with Crippen molar-refractivity contribution in [2.24, 2.45) is 0 Å². The molecule has 0 radical (unpaired) electrons. The van der Waals surface area contributed by atoms with Crippen molar-refractivity contribution < 1.29 is 36.2 Å². The Morgan fingerprint density at radius 1 is 1.00 bits per heavy atom. The topological polar surface area (TPSA) is 75.1 Å². The van der Waals surface area contributed by atoms with E-state index in [2.05, 4.69) is 15.3 Å². The van der Waals surface area contributed by atoms with Crippen molar-refractivity contribution in [3.05, 3.63) is 53.6 Å². The van der Waals surface area contributed by atoms with Gasteiger partial charge < -0.3 is 10.4 Å². The van der Waals surface area contributed by atoms with E-state index in [9.17, 15) is 36.2 Å². The lowest BCUT2D eigenvalue weighted by molar-refractivity contribution is -0.376. The number of rotatable bonds is 4. The van der Waals surface area contributed by atoms with Gasteiger partial charge in [-0.25, -0.2) is 0 Å². The number of anilines is 1. The molecule has 5 nitrogen and oxygen atoms in total. The summed E-state index contributed by atoms with van der Waals surface area (Å²) in [6.45, 7) is 1.70. The maximum Gasteiger partial charge on any atom is 0.430 e. The first-order chi connectivity index (χ1) is 12.3. The van der Waals surface area contributed by atoms with Gasteiger partial charge in [0.15, 0.2) is 0 Å². The standard InChI is InChI=1S/C16H13F6N3O2/c1-9-7-24-12(8-23-9)6-13(26)25-11-4-2-10(3-5-11)14(27,15(17,18)19)16(20,21)22/h2-5,7-8,27H,6H2,1H3,(H,25,26). The van der Waals surface area contributed by atoms with E-state index in [1.165, 1.54) is 12.4 Å². The highest BCUT2D eigenvalue weighted by molar-refractivity contribution is 5.91. The molecule has 2 N–H and O–H groups in total. The molecule has 1 amide bonds. The van der Waals surface area contributed by atoms with Gasteiger partial charge in [-0.1, -0.05) is 12.1 Å². The molecule has 27 heavy (non-hydrogen) atoms. The van der Waals surface area contributed by atoms with E-state index in [1.807, 2.05) is 0 Å². The molecule has 1 aromatic carbocycles. The predicted octanol–water partition coefficient (Wildman–Crippen LogP) is 3.28. The predicted molar refractivity (Wildman–Crippen MR) is 81.6 cm³/mol. The Kier molecular flexibility index (Phi) is 5.45. The fourth-order valence-corrected chi connectivity index (χ4v) is 2.16. The van der Waals surface area contributed by atoms with Crippen molar-refractivity contribution >= 4 is 11.6 Å². The number of aliphatic hydroxyl groups is 1. The number of nitrogens with zero attached hydrogens (tertiary/aromatic N) is 2. The second-order valence-corrected chi connectivity index (χ2v) is 5.66. The van der Waals surface area contributed by atoms with E-state index in [1.54, 1.807) is 6.92 Å². The normalized spacial score (nSPS) is 12.7. The largest absolute Gasteiger partial charge is 0.430 e. The number of aryl methyl sites for hydroxylation is 1. The molecule has 0 saturated heterocycles. The summed E-state index contributed by atoms with van der Waals surface area (Å²) >= 11 is 0. The van der Waals surface area contributed by atoms with E-state index < -0.39 is 29.4 Å². The average molecular weight is 393 g/mol. The molecule has 2 rings (SSSR count). The van der Waals surface area contributed by atoms with Crippen LogP contribution in [0.3, 0.4) is 0 Å². The Balaban J connectivity index is 2.16. The summed E-state index contributed by atoms with van der Waals surface area (Å²) in [7, 11) is 0. The maximum absolute atomic E-state index is 12.8. The number of hydrogen-bond acceptors (Lipinski definition) is 4. The zero-order valence-corrected chi connectivity index (χ0v) is 13.7. The minimum atomic E-state index is -5.97. The third-order valence-corrected chi connectivity index (χ3v) is 3.58. The van der Waals surface area contributed by atoms with Crippen LogP contribution in [0.5, 0.6) is 0 Å². The van der Waals surface area contributed by atoms with Gasteiger partial charge in [-0.3, -0.25) is 14.8 Å². The van der Waals surface area contributed by atoms with Crippen LogP contribution in [-0.2, 0) is 16.8 Å². The molecule has 0 saturated carbocycles. The molecule has 1 heterocycles. The van der Waals surface area contributed by atoms with Crippen molar-refractivity contribution in [3.8, 4) is 0 Å². The maximum atomic E-state index is 12.8. The molecular formula is C16H13F6N3O2. The summed E-state index contributed by atoms with van der Waals surface area (Å²) in [5.74, 6) is -0.595. The number of hydrogen-bond donors (Lipinski definition) is 2. The first kappa shape index (κ1) is 20.6. The average Bonchev–Trinajstić information content (AvgIpc) is 2.55. The highest BCUT2D eigenvalue weighted by Crippen LogP contribution is 2.50. The zero-order chi connectivity index (χ0) is 20.5. The minimum absolute atomic E-state index is 0.0458. The molecule has 0 atom stereocenters. The van der Waals surface area contributed by atoms with Gasteiger partial charge in [0.1, 0.15) is 0 Å². The number of aromatic nitrogens is 2. The van der Waals surface area contributed by atoms with Crippen LogP contribution >= 0.6 is 0 Å². The molecule has 0 fully saturated rings. The van der Waals surface area contributed by atoms with Gasteiger partial charge in [-0.15, -0.1) is 0 Å². The van der Waals surface area contributed by atoms with Crippen molar-refractivity contribution in [2.75, 3.05) is 5.32 Å². The highest BCUT2D eigenvalue weighted by Gasteiger charge is 2.71. The van der Waals surface area contributed by atoms with Crippen LogP contribution in [-0.4, -0.2) is 33.3 Å². The summed E-state index contributed by atoms with van der Waals surface area (Å²) in [6, 6.07) is 2.55. The van der Waals surface area contributed by atoms with Crippen LogP contribution in [0.15, 0.2) is 36.7 Å². The number of nitrogens with one attached hydrogen (secondary N) is 1. The van der Waals surface area contributed by atoms with Crippen molar-refractivity contribution in [3.63, 3.8) is 0 Å². The summed E-state index contributed by atoms with van der Waals surface area (Å²) in [4.78, 5) is 19.8. The number of carbonyl (C=O) groups is 1. The Labute approximate surface area is 149 Å². The van der Waals surface area contributed by atoms with Gasteiger partial charge in [0.25, 0.3) is 5.60 Å². The number of carbonyl (C=O) groups excluding carboxylic acids is 1. The lowest BCUT2D eigenvalue weighted by Crippen LogP contribution is -2.53. The molecule has 0 spiro atoms. The molecule has 146 valence electrons. The van der Waals surface area contributed by atoms with E-state index in [4.69, 9.17) is 0 Å². The van der Waals surface area contributed by atoms with Gasteiger partial charge in [-0.2, -0.15) is 26.3 Å². The zero-order valence-electron chi connectivity index (χ0n) is 13.7. The molecule has 0 aliphatic heterocycles. The first-order valence-corrected chi connectivity index (χ1v) is 7.38. The number of alkyl halides is 6. The number of halogens is 6. The molecule has 0 aliphatic carbocycles. The van der Waals surface area contributed by atoms with Gasteiger partial charge in [0.05, 0.1) is 17.8 Å². The lowest BCUT2D eigenvalue weighted by Gasteiger charge is -2.32. The van der Waals surface area contributed by atoms with Crippen LogP contribution in [0.2, 0.25) is 0 Å². The second-order valence-electron chi connectivity index (χ2n) is 5.66. The fourth-order valence-electron chi connectivity index (χ4n) is 2.16. The van der Waals surface area contributed by atoms with Crippen LogP contribution in [0.1, 0.15) is 17.0 Å². The fraction of sp³-hybridized carbons (Fsp3) is 0.312. The van der Waals surface area contributed by atoms with E-state index >= 15 is 0 Å². The van der Waals surface area contributed by atoms with Crippen molar-refractivity contribution in [1.29, 1.82) is 0 Å². The Bertz CT molecular complexity index is 787. The van der Waals surface area contributed by atoms with E-state index in [0.29, 0.717) is 23.5 Å². The highest BCUT2D eigenvalue weighted by atomic mass is 19.4. The quantitative estimate of drug-likeness (QED) is 0.782. The van der Waals surface area contributed by atoms with Crippen LogP contribution in [0.25, 0.3) is 0 Å². The monoisotopic (exact) mass is 393 g/mol. The molecule has 0 bridgehead atoms. The first-order valence-electron chi connectivity index (χ1n) is 7.38. The SMILES string of the molecule is Cc1cnc(CC(=O)Nc2ccc(C(O)(C(F)(F)F)C(F)(F)F)cc2)cn1. The van der Waals surface area contributed by atoms with Crippen molar-refractivity contribution in [2.45, 2.75) is 31.3 Å². The Hall–Kier alpha value is -2.69. The van der Waals surface area contributed by atoms with Gasteiger partial charge in [0.2, 0.25) is 5.91 Å². The van der Waals surface area contributed by atoms with E-state index in [0.717, 1.165) is 12.1 Å². The Morgan fingerprint density at radius 3 is 2.00 bits per heavy atom. The van der Waals surface area contributed by atoms with E-state index in [-0.39, 0.29) is 12.1 Å². The van der Waals surface area contributed by atoms with Crippen LogP contribution in [0.4, 0.5) is 32.0 Å². The molecule has 1 aromatic heterocycles. The third kappa shape index (κ3) is 4.35. The number of benzene rings is 1. The minimum Gasteiger partial charge on any atom is -0.369 e. The van der Waals surface area contributed by atoms with Gasteiger partial charge in [-0.05, 0) is 19.1 Å². The molecule has 0 aliphatic rings. The van der Waals surface area contributed by atoms with Gasteiger partial charge >= 0.3 is 12.4 Å². The third-order valence-electron chi connectivity index (χ3n) is 3.58. The molecule has 2 aromatic rings. The number of amides is 1. The van der Waals surface area contributed by atoms with Gasteiger partial charge in [0, 0.05) is 23.6 Å². The summed E-state index contributed by atoms with van der Waals surface area (Å²) in [5.41, 5.74) is -5.50. The summed E-state index contributed by atoms with van der Waals surface area (Å²) < 4.78 is 76.9. The lowest BCUT2D eigenvalue weighted by atomic mass is 9.92. The van der Waals surface area contributed by atoms with Crippen LogP contribution < -0.4 is 5.32 Å². The molecule has 11 heteroatoms. The summed E-state index contributed by atoms with van der Waals surface area (Å²) in [6.07, 6.45) is -9.33. The second kappa shape index (κ2) is 7.14. The Morgan fingerprint density at radius 2 is 1.56 bits per heavy atom. The molecule has 0 unspecified atom stereocenters. The van der Waals surface area contributed by atoms with Crippen LogP contribution in [0, 0.1) is 6.92 Å². The van der Waals surface area contributed by atoms with Crippen molar-refractivity contribution in [1.82, 2.24) is 9.97 Å². The smallest absolute Gasteiger partial charge is 0.369 e. The molecular weight excluding hydrogens is 380 g/mol. The summed E-state index contributed by atoms with van der Waals surface area (Å²) in [5, 5.41) is 11.6.